The van der Waals surface area contributed by atoms with Gasteiger partial charge in [0.1, 0.15) is 0 Å². The van der Waals surface area contributed by atoms with Crippen LogP contribution in [0.1, 0.15) is 29.9 Å². The lowest BCUT2D eigenvalue weighted by atomic mass is 9.90. The van der Waals surface area contributed by atoms with E-state index < -0.39 is 0 Å². The minimum atomic E-state index is -0.123. The molecule has 3 heteroatoms. The molecule has 0 aliphatic carbocycles. The van der Waals surface area contributed by atoms with Gasteiger partial charge in [-0.25, -0.2) is 0 Å². The first-order valence-electron chi connectivity index (χ1n) is 5.66. The van der Waals surface area contributed by atoms with Gasteiger partial charge in [0.2, 0.25) is 0 Å². The molecule has 0 saturated heterocycles. The third kappa shape index (κ3) is 2.42. The molecular formula is C13H17NO2. The van der Waals surface area contributed by atoms with E-state index in [0.29, 0.717) is 12.3 Å². The molecule has 2 rings (SSSR count). The fourth-order valence-corrected chi connectivity index (χ4v) is 2.24. The van der Waals surface area contributed by atoms with Gasteiger partial charge in [-0.2, -0.15) is 0 Å². The summed E-state index contributed by atoms with van der Waals surface area (Å²) < 4.78 is 4.75. The maximum absolute atomic E-state index is 11.4. The van der Waals surface area contributed by atoms with Gasteiger partial charge >= 0.3 is 5.97 Å². The summed E-state index contributed by atoms with van der Waals surface area (Å²) in [7, 11) is 1.45. The van der Waals surface area contributed by atoms with Crippen molar-refractivity contribution in [3.05, 3.63) is 35.4 Å². The number of nitrogens with one attached hydrogen (secondary N) is 1. The molecule has 1 aliphatic heterocycles. The molecule has 0 spiro atoms. The van der Waals surface area contributed by atoms with Gasteiger partial charge in [0.25, 0.3) is 0 Å². The Morgan fingerprint density at radius 3 is 3.12 bits per heavy atom. The zero-order valence-electron chi connectivity index (χ0n) is 9.53. The van der Waals surface area contributed by atoms with Crippen molar-refractivity contribution in [1.82, 2.24) is 5.32 Å². The summed E-state index contributed by atoms with van der Waals surface area (Å²) in [5, 5.41) is 3.37. The van der Waals surface area contributed by atoms with Crippen LogP contribution in [0.3, 0.4) is 0 Å². The Bertz CT molecular complexity index is 376. The second-order valence-corrected chi connectivity index (χ2v) is 4.14. The van der Waals surface area contributed by atoms with Crippen molar-refractivity contribution in [3.8, 4) is 0 Å². The van der Waals surface area contributed by atoms with Crippen molar-refractivity contribution in [2.45, 2.75) is 25.3 Å². The Morgan fingerprint density at radius 1 is 1.50 bits per heavy atom. The molecule has 0 bridgehead atoms. The lowest BCUT2D eigenvalue weighted by molar-refractivity contribution is -0.141. The summed E-state index contributed by atoms with van der Waals surface area (Å²) in [6, 6.07) is 8.32. The van der Waals surface area contributed by atoms with Gasteiger partial charge in [-0.3, -0.25) is 4.79 Å². The molecule has 0 radical (unpaired) electrons. The average molecular weight is 219 g/mol. The Morgan fingerprint density at radius 2 is 2.31 bits per heavy atom. The molecular weight excluding hydrogens is 202 g/mol. The highest BCUT2D eigenvalue weighted by Gasteiger charge is 2.20. The summed E-state index contributed by atoms with van der Waals surface area (Å²) >= 11 is 0. The van der Waals surface area contributed by atoms with E-state index in [1.807, 2.05) is 12.1 Å². The van der Waals surface area contributed by atoms with Gasteiger partial charge in [-0.1, -0.05) is 24.3 Å². The summed E-state index contributed by atoms with van der Waals surface area (Å²) in [5.74, 6) is 0.167. The maximum Gasteiger partial charge on any atom is 0.306 e. The predicted octanol–water partition coefficient (Wildman–Crippen LogP) is 1.83. The number of hydrogen-bond donors (Lipinski definition) is 1. The zero-order valence-corrected chi connectivity index (χ0v) is 9.53. The first-order chi connectivity index (χ1) is 7.81. The fourth-order valence-electron chi connectivity index (χ4n) is 2.24. The van der Waals surface area contributed by atoms with Crippen LogP contribution in [-0.2, 0) is 16.1 Å². The van der Waals surface area contributed by atoms with Crippen LogP contribution < -0.4 is 5.32 Å². The third-order valence-electron chi connectivity index (χ3n) is 3.12. The number of ether oxygens (including phenoxy) is 1. The number of hydrogen-bond acceptors (Lipinski definition) is 3. The van der Waals surface area contributed by atoms with Crippen LogP contribution in [0.25, 0.3) is 0 Å². The maximum atomic E-state index is 11.4. The van der Waals surface area contributed by atoms with E-state index in [9.17, 15) is 4.79 Å². The molecule has 0 unspecified atom stereocenters. The summed E-state index contributed by atoms with van der Waals surface area (Å²) in [6.45, 7) is 1.85. The van der Waals surface area contributed by atoms with Crippen molar-refractivity contribution in [2.24, 2.45) is 0 Å². The van der Waals surface area contributed by atoms with Gasteiger partial charge in [0.05, 0.1) is 13.5 Å². The van der Waals surface area contributed by atoms with Crippen LogP contribution in [0, 0.1) is 0 Å². The first-order valence-corrected chi connectivity index (χ1v) is 5.66. The van der Waals surface area contributed by atoms with Crippen LogP contribution >= 0.6 is 0 Å². The monoisotopic (exact) mass is 219 g/mol. The molecule has 0 saturated carbocycles. The summed E-state index contributed by atoms with van der Waals surface area (Å²) in [4.78, 5) is 11.4. The molecule has 1 aromatic rings. The SMILES string of the molecule is COC(=O)C[C@H]1CCNCc2ccccc21. The van der Waals surface area contributed by atoms with E-state index in [1.165, 1.54) is 18.2 Å². The molecule has 1 aromatic carbocycles. The normalized spacial score (nSPS) is 19.7. The zero-order chi connectivity index (χ0) is 11.4. The van der Waals surface area contributed by atoms with Crippen LogP contribution in [-0.4, -0.2) is 19.6 Å². The highest BCUT2D eigenvalue weighted by atomic mass is 16.5. The Balaban J connectivity index is 2.22. The van der Waals surface area contributed by atoms with Crippen LogP contribution in [0.5, 0.6) is 0 Å². The Hall–Kier alpha value is -1.35. The standard InChI is InChI=1S/C13H17NO2/c1-16-13(15)8-10-6-7-14-9-11-4-2-3-5-12(10)11/h2-5,10,14H,6-9H2,1H3/t10-/m1/s1. The topological polar surface area (TPSA) is 38.3 Å². The summed E-state index contributed by atoms with van der Waals surface area (Å²) in [5.41, 5.74) is 2.59. The quantitative estimate of drug-likeness (QED) is 0.771. The van der Waals surface area contributed by atoms with Crippen molar-refractivity contribution in [1.29, 1.82) is 0 Å². The highest BCUT2D eigenvalue weighted by molar-refractivity contribution is 5.70. The molecule has 1 heterocycles. The van der Waals surface area contributed by atoms with Crippen LogP contribution in [0.4, 0.5) is 0 Å². The van der Waals surface area contributed by atoms with Gasteiger partial charge in [-0.05, 0) is 30.0 Å². The lowest BCUT2D eigenvalue weighted by Gasteiger charge is -2.15. The van der Waals surface area contributed by atoms with Gasteiger partial charge < -0.3 is 10.1 Å². The molecule has 0 amide bonds. The third-order valence-corrected chi connectivity index (χ3v) is 3.12. The van der Waals surface area contributed by atoms with Crippen molar-refractivity contribution in [2.75, 3.05) is 13.7 Å². The number of esters is 1. The number of rotatable bonds is 2. The van der Waals surface area contributed by atoms with Crippen molar-refractivity contribution >= 4 is 5.97 Å². The van der Waals surface area contributed by atoms with E-state index in [-0.39, 0.29) is 5.97 Å². The molecule has 3 nitrogen and oxygen atoms in total. The molecule has 1 aliphatic rings. The number of methoxy groups -OCH3 is 1. The molecule has 0 aromatic heterocycles. The Kier molecular flexibility index (Phi) is 3.57. The number of carbonyl (C=O) groups excluding carboxylic acids is 1. The minimum absolute atomic E-state index is 0.123. The van der Waals surface area contributed by atoms with Gasteiger partial charge in [0, 0.05) is 6.54 Å². The van der Waals surface area contributed by atoms with E-state index >= 15 is 0 Å². The predicted molar refractivity (Wildman–Crippen MR) is 62.1 cm³/mol. The number of benzene rings is 1. The lowest BCUT2D eigenvalue weighted by Crippen LogP contribution is -2.13. The van der Waals surface area contributed by atoms with Gasteiger partial charge in [0.15, 0.2) is 0 Å². The van der Waals surface area contributed by atoms with E-state index in [2.05, 4.69) is 17.4 Å². The van der Waals surface area contributed by atoms with Crippen molar-refractivity contribution in [3.63, 3.8) is 0 Å². The van der Waals surface area contributed by atoms with E-state index in [4.69, 9.17) is 4.74 Å². The van der Waals surface area contributed by atoms with Gasteiger partial charge in [-0.15, -0.1) is 0 Å². The summed E-state index contributed by atoms with van der Waals surface area (Å²) in [6.07, 6.45) is 1.47. The number of carbonyl (C=O) groups is 1. The molecule has 86 valence electrons. The first kappa shape index (κ1) is 11.1. The van der Waals surface area contributed by atoms with Crippen LogP contribution in [0.15, 0.2) is 24.3 Å². The van der Waals surface area contributed by atoms with E-state index in [0.717, 1.165) is 19.5 Å². The fraction of sp³-hybridized carbons (Fsp3) is 0.462. The minimum Gasteiger partial charge on any atom is -0.469 e. The second kappa shape index (κ2) is 5.12. The largest absolute Gasteiger partial charge is 0.469 e. The molecule has 0 fully saturated rings. The molecule has 16 heavy (non-hydrogen) atoms. The van der Waals surface area contributed by atoms with Crippen LogP contribution in [0.2, 0.25) is 0 Å². The second-order valence-electron chi connectivity index (χ2n) is 4.14. The smallest absolute Gasteiger partial charge is 0.306 e. The Labute approximate surface area is 95.8 Å². The average Bonchev–Trinajstić information content (AvgIpc) is 2.52. The molecule has 1 atom stereocenters. The highest BCUT2D eigenvalue weighted by Crippen LogP contribution is 2.28. The molecule has 1 N–H and O–H groups in total. The number of fused-ring (bicyclic) bond motifs is 1. The van der Waals surface area contributed by atoms with E-state index in [1.54, 1.807) is 0 Å². The van der Waals surface area contributed by atoms with Crippen molar-refractivity contribution < 1.29 is 9.53 Å².